The molecule has 0 aliphatic rings. The average molecular weight is 522 g/mol. The maximum absolute atomic E-state index is 13.5. The third kappa shape index (κ3) is 5.79. The summed E-state index contributed by atoms with van der Waals surface area (Å²) >= 11 is 0. The summed E-state index contributed by atoms with van der Waals surface area (Å²) in [5.74, 6) is -1.20. The molecule has 37 heavy (non-hydrogen) atoms. The summed E-state index contributed by atoms with van der Waals surface area (Å²) in [5, 5.41) is 6.95. The summed E-state index contributed by atoms with van der Waals surface area (Å²) in [6.45, 7) is 0. The number of hydrogen-bond acceptors (Lipinski definition) is 3. The molecular formula is C25H17F7N4O. The summed E-state index contributed by atoms with van der Waals surface area (Å²) in [5.41, 5.74) is -1.64. The zero-order valence-corrected chi connectivity index (χ0v) is 19.0. The number of carbonyl (C=O) groups excluding carboxylic acids is 1. The van der Waals surface area contributed by atoms with E-state index in [1.165, 1.54) is 48.4 Å². The van der Waals surface area contributed by atoms with Crippen molar-refractivity contribution in [3.05, 3.63) is 89.5 Å². The summed E-state index contributed by atoms with van der Waals surface area (Å²) in [7, 11) is 1.50. The quantitative estimate of drug-likeness (QED) is 0.304. The van der Waals surface area contributed by atoms with E-state index in [0.717, 1.165) is 0 Å². The molecular weight excluding hydrogens is 505 g/mol. The molecule has 0 bridgehead atoms. The largest absolute Gasteiger partial charge is 0.416 e. The SMILES string of the molecule is Cn1nc(-c2ccc(F)cc2)c(-c2ccncc2)c1NC(=O)Cc1cc(C(F)(F)F)cc(C(F)(F)F)c1. The molecule has 0 unspecified atom stereocenters. The van der Waals surface area contributed by atoms with E-state index in [0.29, 0.717) is 34.5 Å². The van der Waals surface area contributed by atoms with Crippen LogP contribution in [0, 0.1) is 5.82 Å². The molecule has 0 radical (unpaired) electrons. The zero-order valence-electron chi connectivity index (χ0n) is 19.0. The second kappa shape index (κ2) is 9.68. The van der Waals surface area contributed by atoms with Gasteiger partial charge in [-0.15, -0.1) is 0 Å². The van der Waals surface area contributed by atoms with Gasteiger partial charge in [0, 0.05) is 25.0 Å². The number of carbonyl (C=O) groups is 1. The van der Waals surface area contributed by atoms with Gasteiger partial charge in [-0.2, -0.15) is 31.4 Å². The molecule has 12 heteroatoms. The summed E-state index contributed by atoms with van der Waals surface area (Å²) in [6, 6.07) is 9.68. The fraction of sp³-hybridized carbons (Fsp3) is 0.160. The predicted octanol–water partition coefficient (Wildman–Crippen LogP) is 6.51. The van der Waals surface area contributed by atoms with Crippen LogP contribution in [0.2, 0.25) is 0 Å². The van der Waals surface area contributed by atoms with Gasteiger partial charge in [-0.3, -0.25) is 14.5 Å². The van der Waals surface area contributed by atoms with E-state index in [4.69, 9.17) is 0 Å². The van der Waals surface area contributed by atoms with Crippen LogP contribution in [-0.4, -0.2) is 20.7 Å². The molecule has 0 aliphatic heterocycles. The molecule has 1 N–H and O–H groups in total. The second-order valence-electron chi connectivity index (χ2n) is 8.08. The lowest BCUT2D eigenvalue weighted by Gasteiger charge is -2.14. The van der Waals surface area contributed by atoms with Crippen LogP contribution in [0.15, 0.2) is 67.0 Å². The Kier molecular flexibility index (Phi) is 6.76. The lowest BCUT2D eigenvalue weighted by Crippen LogP contribution is -2.19. The number of benzene rings is 2. The van der Waals surface area contributed by atoms with Gasteiger partial charge >= 0.3 is 12.4 Å². The molecule has 0 fully saturated rings. The standard InChI is InChI=1S/C25H17F7N4O/c1-36-23(21(15-6-8-33-9-7-15)22(35-36)16-2-4-19(26)5-3-16)34-20(37)12-14-10-17(24(27,28)29)13-18(11-14)25(30,31)32/h2-11,13H,12H2,1H3,(H,34,37). The van der Waals surface area contributed by atoms with Gasteiger partial charge in [0.15, 0.2) is 0 Å². The van der Waals surface area contributed by atoms with Gasteiger partial charge in [-0.1, -0.05) is 0 Å². The minimum Gasteiger partial charge on any atom is -0.310 e. The first-order chi connectivity index (χ1) is 17.3. The minimum atomic E-state index is -5.03. The fourth-order valence-electron chi connectivity index (χ4n) is 3.75. The Morgan fingerprint density at radius 3 is 1.97 bits per heavy atom. The van der Waals surface area contributed by atoms with Gasteiger partial charge in [0.2, 0.25) is 5.91 Å². The van der Waals surface area contributed by atoms with Gasteiger partial charge in [0.05, 0.1) is 23.1 Å². The van der Waals surface area contributed by atoms with Gasteiger partial charge in [0.25, 0.3) is 0 Å². The van der Waals surface area contributed by atoms with Gasteiger partial charge in [-0.25, -0.2) is 4.39 Å². The van der Waals surface area contributed by atoms with E-state index in [1.807, 2.05) is 0 Å². The topological polar surface area (TPSA) is 59.8 Å². The van der Waals surface area contributed by atoms with Crippen LogP contribution >= 0.6 is 0 Å². The molecule has 2 aromatic heterocycles. The molecule has 0 atom stereocenters. The van der Waals surface area contributed by atoms with Crippen molar-refractivity contribution in [2.45, 2.75) is 18.8 Å². The first kappa shape index (κ1) is 25.9. The number of aryl methyl sites for hydroxylation is 1. The summed E-state index contributed by atoms with van der Waals surface area (Å²) in [6.07, 6.45) is -7.85. The number of halogens is 7. The number of hydrogen-bond donors (Lipinski definition) is 1. The van der Waals surface area contributed by atoms with Crippen LogP contribution in [0.1, 0.15) is 16.7 Å². The minimum absolute atomic E-state index is 0.000957. The van der Waals surface area contributed by atoms with Crippen molar-refractivity contribution in [1.82, 2.24) is 14.8 Å². The first-order valence-corrected chi connectivity index (χ1v) is 10.6. The Morgan fingerprint density at radius 2 is 1.43 bits per heavy atom. The summed E-state index contributed by atoms with van der Waals surface area (Å²) < 4.78 is 93.9. The lowest BCUT2D eigenvalue weighted by molar-refractivity contribution is -0.143. The van der Waals surface area contributed by atoms with Crippen LogP contribution in [0.3, 0.4) is 0 Å². The molecule has 5 nitrogen and oxygen atoms in total. The maximum atomic E-state index is 13.5. The van der Waals surface area contributed by atoms with Crippen LogP contribution < -0.4 is 5.32 Å². The fourth-order valence-corrected chi connectivity index (χ4v) is 3.75. The number of nitrogens with one attached hydrogen (secondary N) is 1. The number of nitrogens with zero attached hydrogens (tertiary/aromatic N) is 3. The maximum Gasteiger partial charge on any atom is 0.416 e. The smallest absolute Gasteiger partial charge is 0.310 e. The molecule has 4 aromatic rings. The average Bonchev–Trinajstić information content (AvgIpc) is 3.14. The molecule has 4 rings (SSSR count). The highest BCUT2D eigenvalue weighted by atomic mass is 19.4. The highest BCUT2D eigenvalue weighted by molar-refractivity contribution is 5.99. The Labute approximate surface area is 205 Å². The van der Waals surface area contributed by atoms with Crippen molar-refractivity contribution in [2.75, 3.05) is 5.32 Å². The van der Waals surface area contributed by atoms with Crippen molar-refractivity contribution in [2.24, 2.45) is 7.05 Å². The number of pyridine rings is 1. The van der Waals surface area contributed by atoms with Crippen molar-refractivity contribution in [3.63, 3.8) is 0 Å². The van der Waals surface area contributed by atoms with E-state index in [-0.39, 0.29) is 11.9 Å². The van der Waals surface area contributed by atoms with E-state index in [9.17, 15) is 35.5 Å². The van der Waals surface area contributed by atoms with Gasteiger partial charge in [0.1, 0.15) is 17.3 Å². The zero-order chi connectivity index (χ0) is 27.0. The molecule has 192 valence electrons. The second-order valence-corrected chi connectivity index (χ2v) is 8.08. The number of alkyl halides is 6. The van der Waals surface area contributed by atoms with Crippen LogP contribution in [-0.2, 0) is 30.6 Å². The molecule has 0 spiro atoms. The Morgan fingerprint density at radius 1 is 0.865 bits per heavy atom. The van der Waals surface area contributed by atoms with E-state index >= 15 is 0 Å². The van der Waals surface area contributed by atoms with Gasteiger partial charge in [-0.05, 0) is 65.7 Å². The lowest BCUT2D eigenvalue weighted by atomic mass is 10.0. The molecule has 2 heterocycles. The third-order valence-corrected chi connectivity index (χ3v) is 5.40. The molecule has 1 amide bonds. The van der Waals surface area contributed by atoms with E-state index in [1.54, 1.807) is 12.1 Å². The number of amides is 1. The molecule has 0 saturated carbocycles. The van der Waals surface area contributed by atoms with Crippen molar-refractivity contribution >= 4 is 11.7 Å². The number of aromatic nitrogens is 3. The molecule has 0 aliphatic carbocycles. The normalized spacial score (nSPS) is 12.0. The highest BCUT2D eigenvalue weighted by Crippen LogP contribution is 2.38. The highest BCUT2D eigenvalue weighted by Gasteiger charge is 2.37. The molecule has 0 saturated heterocycles. The van der Waals surface area contributed by atoms with Crippen LogP contribution in [0.5, 0.6) is 0 Å². The molecule has 2 aromatic carbocycles. The first-order valence-electron chi connectivity index (χ1n) is 10.6. The number of anilines is 1. The Bertz CT molecular complexity index is 1390. The van der Waals surface area contributed by atoms with E-state index in [2.05, 4.69) is 15.4 Å². The Hall–Kier alpha value is -4.22. The van der Waals surface area contributed by atoms with Gasteiger partial charge < -0.3 is 5.32 Å². The Balaban J connectivity index is 1.72. The van der Waals surface area contributed by atoms with Crippen molar-refractivity contribution in [3.8, 4) is 22.4 Å². The van der Waals surface area contributed by atoms with Crippen molar-refractivity contribution in [1.29, 1.82) is 0 Å². The van der Waals surface area contributed by atoms with E-state index < -0.39 is 47.2 Å². The number of rotatable bonds is 5. The third-order valence-electron chi connectivity index (χ3n) is 5.40. The van der Waals surface area contributed by atoms with Crippen LogP contribution in [0.25, 0.3) is 22.4 Å². The van der Waals surface area contributed by atoms with Crippen molar-refractivity contribution < 1.29 is 35.5 Å². The summed E-state index contributed by atoms with van der Waals surface area (Å²) in [4.78, 5) is 16.8. The monoisotopic (exact) mass is 522 g/mol. The predicted molar refractivity (Wildman–Crippen MR) is 121 cm³/mol. The van der Waals surface area contributed by atoms with Crippen LogP contribution in [0.4, 0.5) is 36.6 Å².